The van der Waals surface area contributed by atoms with Crippen LogP contribution in [0.15, 0.2) is 48.5 Å². The lowest BCUT2D eigenvalue weighted by atomic mass is 10.1. The van der Waals surface area contributed by atoms with E-state index >= 15 is 0 Å². The fraction of sp³-hybridized carbons (Fsp3) is 0.250. The molecule has 8 heteroatoms. The largest absolute Gasteiger partial charge is 0.459 e. The first-order valence-corrected chi connectivity index (χ1v) is 9.16. The fourth-order valence-corrected chi connectivity index (χ4v) is 2.94. The number of carbonyl (C=O) groups excluding carboxylic acids is 2. The minimum Gasteiger partial charge on any atom is -0.459 e. The Kier molecular flexibility index (Phi) is 6.53. The number of esters is 2. The van der Waals surface area contributed by atoms with Gasteiger partial charge in [-0.05, 0) is 48.5 Å². The van der Waals surface area contributed by atoms with Crippen molar-refractivity contribution in [1.82, 2.24) is 0 Å². The Morgan fingerprint density at radius 3 is 2.07 bits per heavy atom. The van der Waals surface area contributed by atoms with Gasteiger partial charge in [0, 0.05) is 16.5 Å². The van der Waals surface area contributed by atoms with Crippen molar-refractivity contribution in [2.45, 2.75) is 24.7 Å². The van der Waals surface area contributed by atoms with Crippen LogP contribution in [0.3, 0.4) is 0 Å². The standard InChI is InChI=1S/C20H15Cl2NO5/c21-14-5-1-12(2-6-14)19(24)26-11-18-17(9-16(10-23)27-18)28-20(25)13-3-7-15(22)8-4-13/h1-8,16-18H,9,11H2/t16-,17+,18+/m0/s1. The minimum absolute atomic E-state index is 0.155. The molecule has 3 atom stereocenters. The number of carbonyl (C=O) groups is 2. The maximum atomic E-state index is 12.3. The third-order valence-corrected chi connectivity index (χ3v) is 4.65. The number of ether oxygens (including phenoxy) is 3. The molecule has 0 bridgehead atoms. The van der Waals surface area contributed by atoms with Gasteiger partial charge in [-0.15, -0.1) is 0 Å². The molecule has 0 aliphatic carbocycles. The second kappa shape index (κ2) is 9.07. The average molecular weight is 420 g/mol. The van der Waals surface area contributed by atoms with Gasteiger partial charge in [-0.1, -0.05) is 23.2 Å². The lowest BCUT2D eigenvalue weighted by Crippen LogP contribution is -2.32. The molecular weight excluding hydrogens is 405 g/mol. The summed E-state index contributed by atoms with van der Waals surface area (Å²) in [5, 5.41) is 10.1. The van der Waals surface area contributed by atoms with Crippen molar-refractivity contribution in [2.24, 2.45) is 0 Å². The van der Waals surface area contributed by atoms with Crippen molar-refractivity contribution in [2.75, 3.05) is 6.61 Å². The Morgan fingerprint density at radius 1 is 1.00 bits per heavy atom. The first-order chi connectivity index (χ1) is 13.5. The van der Waals surface area contributed by atoms with Crippen LogP contribution in [0.25, 0.3) is 0 Å². The molecule has 1 aliphatic rings. The summed E-state index contributed by atoms with van der Waals surface area (Å²) in [6, 6.07) is 14.4. The van der Waals surface area contributed by atoms with Gasteiger partial charge in [0.15, 0.2) is 0 Å². The van der Waals surface area contributed by atoms with E-state index in [1.54, 1.807) is 24.3 Å². The summed E-state index contributed by atoms with van der Waals surface area (Å²) < 4.78 is 16.2. The summed E-state index contributed by atoms with van der Waals surface area (Å²) in [6.45, 7) is -0.155. The van der Waals surface area contributed by atoms with Crippen molar-refractivity contribution in [3.8, 4) is 6.07 Å². The van der Waals surface area contributed by atoms with Gasteiger partial charge < -0.3 is 14.2 Å². The lowest BCUT2D eigenvalue weighted by Gasteiger charge is -2.19. The summed E-state index contributed by atoms with van der Waals surface area (Å²) in [5.41, 5.74) is 0.649. The molecule has 0 amide bonds. The topological polar surface area (TPSA) is 85.6 Å². The molecule has 1 heterocycles. The summed E-state index contributed by atoms with van der Waals surface area (Å²) in [4.78, 5) is 24.5. The molecule has 28 heavy (non-hydrogen) atoms. The molecule has 0 radical (unpaired) electrons. The Bertz CT molecular complexity index is 892. The lowest BCUT2D eigenvalue weighted by molar-refractivity contribution is -0.0349. The number of nitrogens with zero attached hydrogens (tertiary/aromatic N) is 1. The highest BCUT2D eigenvalue weighted by Crippen LogP contribution is 2.25. The Hall–Kier alpha value is -2.59. The molecule has 0 spiro atoms. The molecule has 3 rings (SSSR count). The maximum absolute atomic E-state index is 12.3. The van der Waals surface area contributed by atoms with E-state index in [0.29, 0.717) is 21.2 Å². The van der Waals surface area contributed by atoms with Crippen LogP contribution in [0.2, 0.25) is 10.0 Å². The molecule has 1 fully saturated rings. The first-order valence-electron chi connectivity index (χ1n) is 8.40. The molecular formula is C20H15Cl2NO5. The number of hydrogen-bond donors (Lipinski definition) is 0. The average Bonchev–Trinajstić information content (AvgIpc) is 3.09. The van der Waals surface area contributed by atoms with Gasteiger partial charge in [0.1, 0.15) is 24.9 Å². The highest BCUT2D eigenvalue weighted by atomic mass is 35.5. The fourth-order valence-electron chi connectivity index (χ4n) is 2.69. The highest BCUT2D eigenvalue weighted by molar-refractivity contribution is 6.30. The maximum Gasteiger partial charge on any atom is 0.338 e. The summed E-state index contributed by atoms with van der Waals surface area (Å²) in [7, 11) is 0. The quantitative estimate of drug-likeness (QED) is 0.679. The zero-order valence-corrected chi connectivity index (χ0v) is 16.0. The van der Waals surface area contributed by atoms with Crippen molar-refractivity contribution < 1.29 is 23.8 Å². The third kappa shape index (κ3) is 5.02. The molecule has 6 nitrogen and oxygen atoms in total. The van der Waals surface area contributed by atoms with Crippen molar-refractivity contribution in [3.05, 3.63) is 69.7 Å². The Morgan fingerprint density at radius 2 is 1.54 bits per heavy atom. The summed E-state index contributed by atoms with van der Waals surface area (Å²) in [6.07, 6.45) is -2.01. The molecule has 0 N–H and O–H groups in total. The van der Waals surface area contributed by atoms with E-state index in [1.165, 1.54) is 24.3 Å². The molecule has 144 valence electrons. The van der Waals surface area contributed by atoms with Gasteiger partial charge in [-0.25, -0.2) is 9.59 Å². The van der Waals surface area contributed by atoms with E-state index < -0.39 is 30.3 Å². The van der Waals surface area contributed by atoms with E-state index in [0.717, 1.165) is 0 Å². The van der Waals surface area contributed by atoms with Crippen LogP contribution in [0.1, 0.15) is 27.1 Å². The Balaban J connectivity index is 1.62. The zero-order chi connectivity index (χ0) is 20.1. The highest BCUT2D eigenvalue weighted by Gasteiger charge is 2.39. The van der Waals surface area contributed by atoms with E-state index in [2.05, 4.69) is 0 Å². The van der Waals surface area contributed by atoms with Crippen LogP contribution >= 0.6 is 23.2 Å². The second-order valence-corrected chi connectivity index (χ2v) is 6.96. The van der Waals surface area contributed by atoms with E-state index in [9.17, 15) is 9.59 Å². The minimum atomic E-state index is -0.748. The predicted octanol–water partition coefficient (Wildman–Crippen LogP) is 4.06. The monoisotopic (exact) mass is 419 g/mol. The van der Waals surface area contributed by atoms with E-state index in [4.69, 9.17) is 42.7 Å². The number of halogens is 2. The van der Waals surface area contributed by atoms with Gasteiger partial charge in [0.2, 0.25) is 0 Å². The van der Waals surface area contributed by atoms with Crippen molar-refractivity contribution in [1.29, 1.82) is 5.26 Å². The van der Waals surface area contributed by atoms with Gasteiger partial charge >= 0.3 is 11.9 Å². The van der Waals surface area contributed by atoms with Crippen molar-refractivity contribution in [3.63, 3.8) is 0 Å². The van der Waals surface area contributed by atoms with Crippen LogP contribution in [-0.2, 0) is 14.2 Å². The smallest absolute Gasteiger partial charge is 0.338 e. The van der Waals surface area contributed by atoms with Crippen LogP contribution in [0, 0.1) is 11.3 Å². The van der Waals surface area contributed by atoms with E-state index in [-0.39, 0.29) is 13.0 Å². The number of rotatable bonds is 5. The van der Waals surface area contributed by atoms with Crippen molar-refractivity contribution >= 4 is 35.1 Å². The van der Waals surface area contributed by atoms with Gasteiger partial charge in [0.05, 0.1) is 17.2 Å². The van der Waals surface area contributed by atoms with Crippen LogP contribution in [0.5, 0.6) is 0 Å². The number of nitriles is 1. The van der Waals surface area contributed by atoms with Crippen LogP contribution in [-0.4, -0.2) is 36.9 Å². The molecule has 0 aromatic heterocycles. The predicted molar refractivity (Wildman–Crippen MR) is 101 cm³/mol. The molecule has 0 unspecified atom stereocenters. The molecule has 2 aromatic carbocycles. The number of benzene rings is 2. The molecule has 1 aliphatic heterocycles. The van der Waals surface area contributed by atoms with Gasteiger partial charge in [-0.3, -0.25) is 0 Å². The Labute approximate surface area is 171 Å². The normalized spacial score (nSPS) is 21.0. The molecule has 0 saturated carbocycles. The molecule has 1 saturated heterocycles. The van der Waals surface area contributed by atoms with Gasteiger partial charge in [-0.2, -0.15) is 5.26 Å². The number of hydrogen-bond acceptors (Lipinski definition) is 6. The third-order valence-electron chi connectivity index (χ3n) is 4.14. The van der Waals surface area contributed by atoms with Gasteiger partial charge in [0.25, 0.3) is 0 Å². The van der Waals surface area contributed by atoms with Crippen LogP contribution < -0.4 is 0 Å². The summed E-state index contributed by atoms with van der Waals surface area (Å²) >= 11 is 11.6. The van der Waals surface area contributed by atoms with E-state index in [1.807, 2.05) is 6.07 Å². The zero-order valence-electron chi connectivity index (χ0n) is 14.5. The molecule has 2 aromatic rings. The summed E-state index contributed by atoms with van der Waals surface area (Å²) in [5.74, 6) is -1.14. The van der Waals surface area contributed by atoms with Crippen LogP contribution in [0.4, 0.5) is 0 Å². The first kappa shape index (κ1) is 20.2. The second-order valence-electron chi connectivity index (χ2n) is 6.08. The SMILES string of the molecule is N#C[C@@H]1C[C@@H](OC(=O)c2ccc(Cl)cc2)[C@@H](COC(=O)c2ccc(Cl)cc2)O1.